The highest BCUT2D eigenvalue weighted by Crippen LogP contribution is 2.19. The number of carbonyl (C=O) groups is 2. The number of rotatable bonds is 4. The molecule has 1 amide bonds. The van der Waals surface area contributed by atoms with Gasteiger partial charge in [0.2, 0.25) is 0 Å². The molecule has 0 aliphatic heterocycles. The molecule has 1 atom stereocenters. The van der Waals surface area contributed by atoms with Gasteiger partial charge in [-0.2, -0.15) is 0 Å². The summed E-state index contributed by atoms with van der Waals surface area (Å²) in [6, 6.07) is 6.38. The highest BCUT2D eigenvalue weighted by Gasteiger charge is 2.37. The molecule has 1 aromatic rings. The van der Waals surface area contributed by atoms with Crippen LogP contribution in [0.4, 0.5) is 4.79 Å². The average molecular weight is 309 g/mol. The normalized spacial score (nSPS) is 13.9. The van der Waals surface area contributed by atoms with Gasteiger partial charge in [-0.05, 0) is 45.4 Å². The van der Waals surface area contributed by atoms with Crippen molar-refractivity contribution < 1.29 is 24.2 Å². The van der Waals surface area contributed by atoms with Crippen LogP contribution in [0.25, 0.3) is 0 Å². The van der Waals surface area contributed by atoms with Gasteiger partial charge in [0.25, 0.3) is 0 Å². The molecular formula is C16H23NO5. The van der Waals surface area contributed by atoms with Gasteiger partial charge in [-0.15, -0.1) is 0 Å². The Morgan fingerprint density at radius 1 is 1.14 bits per heavy atom. The van der Waals surface area contributed by atoms with Crippen molar-refractivity contribution in [1.29, 1.82) is 0 Å². The number of methoxy groups -OCH3 is 1. The van der Waals surface area contributed by atoms with E-state index >= 15 is 0 Å². The number of alkyl carbamates (subject to hydrolysis) is 1. The fraction of sp³-hybridized carbons (Fsp3) is 0.500. The quantitative estimate of drug-likeness (QED) is 0.834. The topological polar surface area (TPSA) is 84.9 Å². The Hall–Kier alpha value is -2.24. The minimum atomic E-state index is -1.27. The Morgan fingerprint density at radius 3 is 2.14 bits per heavy atom. The second-order valence-corrected chi connectivity index (χ2v) is 6.29. The lowest BCUT2D eigenvalue weighted by Gasteiger charge is -2.29. The molecule has 0 aliphatic carbocycles. The minimum absolute atomic E-state index is 0.128. The first-order valence-corrected chi connectivity index (χ1v) is 6.93. The van der Waals surface area contributed by atoms with E-state index in [4.69, 9.17) is 9.47 Å². The van der Waals surface area contributed by atoms with Crippen LogP contribution in [0.5, 0.6) is 5.75 Å². The van der Waals surface area contributed by atoms with E-state index in [1.54, 1.807) is 39.8 Å². The summed E-state index contributed by atoms with van der Waals surface area (Å²) < 4.78 is 9.97. The van der Waals surface area contributed by atoms with E-state index in [1.807, 2.05) is 0 Å². The fourth-order valence-electron chi connectivity index (χ4n) is 1.94. The van der Waals surface area contributed by atoms with E-state index in [9.17, 15) is 14.7 Å². The van der Waals surface area contributed by atoms with Gasteiger partial charge < -0.3 is 19.9 Å². The van der Waals surface area contributed by atoms with Crippen molar-refractivity contribution in [2.24, 2.45) is 0 Å². The Labute approximate surface area is 130 Å². The lowest BCUT2D eigenvalue weighted by molar-refractivity contribution is -0.147. The zero-order valence-electron chi connectivity index (χ0n) is 13.6. The molecule has 0 saturated carbocycles. The van der Waals surface area contributed by atoms with Crippen LogP contribution >= 0.6 is 0 Å². The van der Waals surface area contributed by atoms with Crippen molar-refractivity contribution >= 4 is 12.1 Å². The number of phenols is 1. The second-order valence-electron chi connectivity index (χ2n) is 6.29. The lowest BCUT2D eigenvalue weighted by Crippen LogP contribution is -2.55. The van der Waals surface area contributed by atoms with Gasteiger partial charge >= 0.3 is 12.1 Å². The third-order valence-corrected chi connectivity index (χ3v) is 2.91. The van der Waals surface area contributed by atoms with Gasteiger partial charge in [-0.3, -0.25) is 0 Å². The van der Waals surface area contributed by atoms with Crippen LogP contribution in [-0.4, -0.2) is 35.4 Å². The first kappa shape index (κ1) is 17.8. The molecule has 6 heteroatoms. The molecule has 122 valence electrons. The third kappa shape index (κ3) is 5.27. The summed E-state index contributed by atoms with van der Waals surface area (Å²) in [5.74, 6) is -0.449. The summed E-state index contributed by atoms with van der Waals surface area (Å²) in [5, 5.41) is 11.9. The van der Waals surface area contributed by atoms with Gasteiger partial charge in [0, 0.05) is 6.42 Å². The largest absolute Gasteiger partial charge is 0.508 e. The maximum atomic E-state index is 12.1. The summed E-state index contributed by atoms with van der Waals surface area (Å²) in [5.41, 5.74) is -1.17. The third-order valence-electron chi connectivity index (χ3n) is 2.91. The van der Waals surface area contributed by atoms with E-state index in [1.165, 1.54) is 19.2 Å². The van der Waals surface area contributed by atoms with Crippen molar-refractivity contribution in [2.75, 3.05) is 7.11 Å². The number of aromatic hydroxyl groups is 1. The van der Waals surface area contributed by atoms with Crippen LogP contribution in [0.15, 0.2) is 24.3 Å². The number of ether oxygens (including phenoxy) is 2. The molecule has 0 radical (unpaired) electrons. The second kappa shape index (κ2) is 6.68. The average Bonchev–Trinajstić information content (AvgIpc) is 2.38. The van der Waals surface area contributed by atoms with Gasteiger partial charge in [-0.1, -0.05) is 12.1 Å². The number of esters is 1. The number of carbonyl (C=O) groups excluding carboxylic acids is 2. The summed E-state index contributed by atoms with van der Waals surface area (Å²) in [6.07, 6.45) is -0.488. The van der Waals surface area contributed by atoms with Gasteiger partial charge in [0.1, 0.15) is 16.9 Å². The summed E-state index contributed by atoms with van der Waals surface area (Å²) in [7, 11) is 1.26. The number of nitrogens with one attached hydrogen (secondary N) is 1. The van der Waals surface area contributed by atoms with E-state index in [0.717, 1.165) is 5.56 Å². The van der Waals surface area contributed by atoms with E-state index in [0.29, 0.717) is 0 Å². The number of phenolic OH excluding ortho intramolecular Hbond substituents is 1. The fourth-order valence-corrected chi connectivity index (χ4v) is 1.94. The molecule has 0 bridgehead atoms. The van der Waals surface area contributed by atoms with Gasteiger partial charge in [0.05, 0.1) is 7.11 Å². The van der Waals surface area contributed by atoms with Crippen LogP contribution in [0.3, 0.4) is 0 Å². The van der Waals surface area contributed by atoms with Crippen LogP contribution in [0, 0.1) is 0 Å². The van der Waals surface area contributed by atoms with Crippen molar-refractivity contribution in [3.63, 3.8) is 0 Å². The molecule has 0 aliphatic rings. The van der Waals surface area contributed by atoms with Crippen LogP contribution in [-0.2, 0) is 20.7 Å². The van der Waals surface area contributed by atoms with Crippen LogP contribution in [0.2, 0.25) is 0 Å². The first-order valence-electron chi connectivity index (χ1n) is 6.93. The smallest absolute Gasteiger partial charge is 0.408 e. The van der Waals surface area contributed by atoms with Gasteiger partial charge in [-0.25, -0.2) is 9.59 Å². The molecule has 22 heavy (non-hydrogen) atoms. The molecule has 0 spiro atoms. The Balaban J connectivity index is 2.92. The van der Waals surface area contributed by atoms with E-state index < -0.39 is 23.2 Å². The first-order chi connectivity index (χ1) is 10.1. The maximum Gasteiger partial charge on any atom is 0.408 e. The van der Waals surface area contributed by atoms with Crippen molar-refractivity contribution in [3.8, 4) is 5.75 Å². The monoisotopic (exact) mass is 309 g/mol. The van der Waals surface area contributed by atoms with Crippen molar-refractivity contribution in [2.45, 2.75) is 45.3 Å². The van der Waals surface area contributed by atoms with Gasteiger partial charge in [0.15, 0.2) is 0 Å². The molecular weight excluding hydrogens is 286 g/mol. The molecule has 0 heterocycles. The number of hydrogen-bond donors (Lipinski definition) is 2. The minimum Gasteiger partial charge on any atom is -0.508 e. The molecule has 0 saturated heterocycles. The van der Waals surface area contributed by atoms with E-state index in [-0.39, 0.29) is 12.2 Å². The Morgan fingerprint density at radius 2 is 1.68 bits per heavy atom. The molecule has 0 fully saturated rings. The van der Waals surface area contributed by atoms with Crippen LogP contribution < -0.4 is 5.32 Å². The maximum absolute atomic E-state index is 12.1. The molecule has 6 nitrogen and oxygen atoms in total. The predicted octanol–water partition coefficient (Wildman–Crippen LogP) is 2.39. The zero-order chi connectivity index (χ0) is 17.0. The van der Waals surface area contributed by atoms with Crippen LogP contribution in [0.1, 0.15) is 33.3 Å². The standard InChI is InChI=1S/C16H23NO5/c1-15(2,3)22-14(20)17-16(4,13(19)21-5)10-11-6-8-12(18)9-7-11/h6-9,18H,10H2,1-5H3,(H,17,20). The summed E-state index contributed by atoms with van der Waals surface area (Å²) >= 11 is 0. The molecule has 1 unspecified atom stereocenters. The SMILES string of the molecule is COC(=O)C(C)(Cc1ccc(O)cc1)NC(=O)OC(C)(C)C. The molecule has 2 N–H and O–H groups in total. The van der Waals surface area contributed by atoms with Crippen molar-refractivity contribution in [1.82, 2.24) is 5.32 Å². The highest BCUT2D eigenvalue weighted by atomic mass is 16.6. The van der Waals surface area contributed by atoms with Crippen molar-refractivity contribution in [3.05, 3.63) is 29.8 Å². The Kier molecular flexibility index (Phi) is 5.41. The number of hydrogen-bond acceptors (Lipinski definition) is 5. The molecule has 1 rings (SSSR count). The number of amides is 1. The highest BCUT2D eigenvalue weighted by molar-refractivity contribution is 5.85. The summed E-state index contributed by atoms with van der Waals surface area (Å²) in [4.78, 5) is 24.0. The molecule has 1 aromatic carbocycles. The van der Waals surface area contributed by atoms with E-state index in [2.05, 4.69) is 5.32 Å². The Bertz CT molecular complexity index is 532. The lowest BCUT2D eigenvalue weighted by atomic mass is 9.93. The molecule has 0 aromatic heterocycles. The zero-order valence-corrected chi connectivity index (χ0v) is 13.6. The summed E-state index contributed by atoms with van der Waals surface area (Å²) in [6.45, 7) is 6.78. The number of benzene rings is 1. The predicted molar refractivity (Wildman–Crippen MR) is 81.6 cm³/mol.